The van der Waals surface area contributed by atoms with Crippen LogP contribution in [0.15, 0.2) is 12.3 Å². The summed E-state index contributed by atoms with van der Waals surface area (Å²) in [7, 11) is 0. The molecule has 1 atom stereocenters. The smallest absolute Gasteiger partial charge is 0.289 e. The molecule has 1 amide bonds. The number of carbonyl (C=O) groups is 1. The van der Waals surface area contributed by atoms with Gasteiger partial charge in [-0.05, 0) is 43.6 Å². The van der Waals surface area contributed by atoms with Crippen molar-refractivity contribution in [3.8, 4) is 0 Å². The third-order valence-corrected chi connectivity index (χ3v) is 5.34. The Bertz CT molecular complexity index is 716. The molecule has 2 saturated carbocycles. The first-order valence-corrected chi connectivity index (χ1v) is 8.15. The third-order valence-electron chi connectivity index (χ3n) is 5.34. The first-order chi connectivity index (χ1) is 10.7. The lowest BCUT2D eigenvalue weighted by atomic mass is 9.84. The van der Waals surface area contributed by atoms with E-state index in [2.05, 4.69) is 20.5 Å². The summed E-state index contributed by atoms with van der Waals surface area (Å²) in [6.45, 7) is 2.65. The van der Waals surface area contributed by atoms with Gasteiger partial charge in [-0.25, -0.2) is 4.98 Å². The lowest BCUT2D eigenvalue weighted by Crippen LogP contribution is -2.29. The monoisotopic (exact) mass is 299 g/mol. The van der Waals surface area contributed by atoms with Gasteiger partial charge >= 0.3 is 0 Å². The van der Waals surface area contributed by atoms with Crippen LogP contribution in [0.5, 0.6) is 0 Å². The minimum Gasteiger partial charge on any atom is -0.349 e. The molecule has 0 aromatic carbocycles. The molecule has 0 bridgehead atoms. The number of nitrogens with zero attached hydrogens (tertiary/aromatic N) is 4. The van der Waals surface area contributed by atoms with Crippen molar-refractivity contribution in [1.82, 2.24) is 24.9 Å². The van der Waals surface area contributed by atoms with Gasteiger partial charge in [0.2, 0.25) is 5.82 Å². The van der Waals surface area contributed by atoms with Crippen LogP contribution in [-0.2, 0) is 0 Å². The van der Waals surface area contributed by atoms with Gasteiger partial charge in [0.1, 0.15) is 0 Å². The zero-order valence-corrected chi connectivity index (χ0v) is 12.9. The number of amides is 1. The van der Waals surface area contributed by atoms with Gasteiger partial charge < -0.3 is 5.32 Å². The summed E-state index contributed by atoms with van der Waals surface area (Å²) in [5.74, 6) is 1.29. The second kappa shape index (κ2) is 5.04. The summed E-state index contributed by atoms with van der Waals surface area (Å²) >= 11 is 0. The fraction of sp³-hybridized carbons (Fsp3) is 0.625. The van der Waals surface area contributed by atoms with Crippen LogP contribution in [0.4, 0.5) is 0 Å². The van der Waals surface area contributed by atoms with E-state index in [1.54, 1.807) is 10.6 Å². The van der Waals surface area contributed by atoms with Crippen LogP contribution in [-0.4, -0.2) is 32.0 Å². The van der Waals surface area contributed by atoms with Gasteiger partial charge in [-0.1, -0.05) is 19.3 Å². The maximum atomic E-state index is 12.3. The van der Waals surface area contributed by atoms with Crippen LogP contribution in [0.25, 0.3) is 5.78 Å². The predicted molar refractivity (Wildman–Crippen MR) is 81.5 cm³/mol. The van der Waals surface area contributed by atoms with Crippen molar-refractivity contribution in [3.05, 3.63) is 23.8 Å². The maximum Gasteiger partial charge on any atom is 0.289 e. The fourth-order valence-electron chi connectivity index (χ4n) is 3.91. The Hall–Kier alpha value is -1.98. The van der Waals surface area contributed by atoms with Crippen molar-refractivity contribution in [2.45, 2.75) is 45.4 Å². The molecule has 2 aromatic rings. The Morgan fingerprint density at radius 1 is 1.36 bits per heavy atom. The molecule has 6 nitrogen and oxygen atoms in total. The van der Waals surface area contributed by atoms with Gasteiger partial charge in [0.15, 0.2) is 0 Å². The van der Waals surface area contributed by atoms with Crippen molar-refractivity contribution in [1.29, 1.82) is 0 Å². The van der Waals surface area contributed by atoms with Crippen LogP contribution in [0.2, 0.25) is 0 Å². The molecule has 4 rings (SSSR count). The topological polar surface area (TPSA) is 72.2 Å². The second-order valence-corrected chi connectivity index (χ2v) is 6.80. The fourth-order valence-corrected chi connectivity index (χ4v) is 3.91. The second-order valence-electron chi connectivity index (χ2n) is 6.80. The van der Waals surface area contributed by atoms with Crippen LogP contribution in [0.1, 0.15) is 54.8 Å². The van der Waals surface area contributed by atoms with Crippen molar-refractivity contribution in [3.63, 3.8) is 0 Å². The highest BCUT2D eigenvalue weighted by Gasteiger charge is 2.53. The van der Waals surface area contributed by atoms with Gasteiger partial charge in [-0.2, -0.15) is 0 Å². The van der Waals surface area contributed by atoms with Gasteiger partial charge in [0.05, 0.1) is 0 Å². The Kier molecular flexibility index (Phi) is 3.13. The molecule has 116 valence electrons. The summed E-state index contributed by atoms with van der Waals surface area (Å²) in [5.41, 5.74) is 1.40. The van der Waals surface area contributed by atoms with Crippen LogP contribution >= 0.6 is 0 Å². The van der Waals surface area contributed by atoms with E-state index in [-0.39, 0.29) is 5.91 Å². The molecule has 6 heteroatoms. The molecular weight excluding hydrogens is 278 g/mol. The molecule has 2 fully saturated rings. The van der Waals surface area contributed by atoms with Crippen molar-refractivity contribution >= 4 is 11.7 Å². The quantitative estimate of drug-likeness (QED) is 0.942. The summed E-state index contributed by atoms with van der Waals surface area (Å²) in [6, 6.07) is 1.85. The molecule has 2 aliphatic carbocycles. The average molecular weight is 299 g/mol. The van der Waals surface area contributed by atoms with Gasteiger partial charge in [0, 0.05) is 18.4 Å². The number of hydrogen-bond acceptors (Lipinski definition) is 4. The average Bonchev–Trinajstić information content (AvgIpc) is 3.01. The summed E-state index contributed by atoms with van der Waals surface area (Å²) in [5, 5.41) is 11.0. The molecule has 2 aliphatic rings. The molecule has 0 saturated heterocycles. The Morgan fingerprint density at radius 2 is 2.18 bits per heavy atom. The number of aromatic nitrogens is 4. The minimum atomic E-state index is -0.156. The van der Waals surface area contributed by atoms with Crippen LogP contribution < -0.4 is 5.32 Å². The van der Waals surface area contributed by atoms with Gasteiger partial charge in [0.25, 0.3) is 11.7 Å². The van der Waals surface area contributed by atoms with E-state index < -0.39 is 0 Å². The SMILES string of the molecule is Cc1ccn2c(C(=O)NC[C@H]3CC34CCCCC4)nnc2n1. The molecular formula is C16H21N5O. The number of rotatable bonds is 3. The molecule has 1 N–H and O–H groups in total. The van der Waals surface area contributed by atoms with Crippen molar-refractivity contribution in [2.24, 2.45) is 11.3 Å². The molecule has 2 heterocycles. The van der Waals surface area contributed by atoms with E-state index in [4.69, 9.17) is 0 Å². The Labute approximate surface area is 129 Å². The van der Waals surface area contributed by atoms with E-state index in [1.807, 2.05) is 13.0 Å². The summed E-state index contributed by atoms with van der Waals surface area (Å²) in [4.78, 5) is 16.6. The summed E-state index contributed by atoms with van der Waals surface area (Å²) in [6.07, 6.45) is 9.82. The van der Waals surface area contributed by atoms with E-state index in [0.29, 0.717) is 22.9 Å². The highest BCUT2D eigenvalue weighted by atomic mass is 16.2. The zero-order valence-electron chi connectivity index (χ0n) is 12.9. The third kappa shape index (κ3) is 2.26. The number of nitrogens with one attached hydrogen (secondary N) is 1. The molecule has 0 radical (unpaired) electrons. The van der Waals surface area contributed by atoms with E-state index in [9.17, 15) is 4.79 Å². The zero-order chi connectivity index (χ0) is 15.2. The van der Waals surface area contributed by atoms with E-state index >= 15 is 0 Å². The Balaban J connectivity index is 1.42. The Morgan fingerprint density at radius 3 is 3.00 bits per heavy atom. The lowest BCUT2D eigenvalue weighted by Gasteiger charge is -2.22. The molecule has 2 aromatic heterocycles. The highest BCUT2D eigenvalue weighted by Crippen LogP contribution is 2.60. The number of hydrogen-bond donors (Lipinski definition) is 1. The first kappa shape index (κ1) is 13.7. The van der Waals surface area contributed by atoms with Crippen molar-refractivity contribution < 1.29 is 4.79 Å². The predicted octanol–water partition coefficient (Wildman–Crippen LogP) is 2.13. The largest absolute Gasteiger partial charge is 0.349 e. The lowest BCUT2D eigenvalue weighted by molar-refractivity contribution is 0.0937. The normalized spacial score (nSPS) is 22.9. The first-order valence-electron chi connectivity index (χ1n) is 8.15. The number of fused-ring (bicyclic) bond motifs is 1. The van der Waals surface area contributed by atoms with Crippen LogP contribution in [0.3, 0.4) is 0 Å². The molecule has 0 aliphatic heterocycles. The van der Waals surface area contributed by atoms with E-state index in [0.717, 1.165) is 12.2 Å². The number of carbonyl (C=O) groups excluding carboxylic acids is 1. The molecule has 1 spiro atoms. The standard InChI is InChI=1S/C16H21N5O/c1-11-5-8-21-13(19-20-15(21)18-11)14(22)17-10-12-9-16(12)6-3-2-4-7-16/h5,8,12H,2-4,6-7,9-10H2,1H3,(H,17,22)/t12-/m1/s1. The molecule has 0 unspecified atom stereocenters. The summed E-state index contributed by atoms with van der Waals surface area (Å²) < 4.78 is 1.64. The van der Waals surface area contributed by atoms with Gasteiger partial charge in [-0.3, -0.25) is 9.20 Å². The minimum absolute atomic E-state index is 0.156. The van der Waals surface area contributed by atoms with Crippen LogP contribution in [0, 0.1) is 18.3 Å². The molecule has 22 heavy (non-hydrogen) atoms. The van der Waals surface area contributed by atoms with E-state index in [1.165, 1.54) is 38.5 Å². The van der Waals surface area contributed by atoms with Crippen molar-refractivity contribution in [2.75, 3.05) is 6.54 Å². The highest BCUT2D eigenvalue weighted by molar-refractivity contribution is 5.91. The van der Waals surface area contributed by atoms with Gasteiger partial charge in [-0.15, -0.1) is 10.2 Å². The maximum absolute atomic E-state index is 12.3. The number of aryl methyl sites for hydroxylation is 1.